The molecule has 0 aliphatic rings. The zero-order chi connectivity index (χ0) is 11.4. The van der Waals surface area contributed by atoms with E-state index in [0.29, 0.717) is 13.2 Å². The predicted octanol–water partition coefficient (Wildman–Crippen LogP) is 1.64. The zero-order valence-electron chi connectivity index (χ0n) is 9.30. The number of anilines is 1. The van der Waals surface area contributed by atoms with Gasteiger partial charge in [-0.1, -0.05) is 0 Å². The first-order chi connectivity index (χ1) is 7.79. The Balaban J connectivity index is 1.92. The van der Waals surface area contributed by atoms with Crippen LogP contribution in [0.2, 0.25) is 0 Å². The molecule has 0 unspecified atom stereocenters. The molecule has 0 aliphatic heterocycles. The number of aromatic nitrogens is 3. The average molecular weight is 238 g/mol. The van der Waals surface area contributed by atoms with Gasteiger partial charge in [0.15, 0.2) is 0 Å². The number of hydrogen-bond acceptors (Lipinski definition) is 5. The molecule has 0 aromatic carbocycles. The van der Waals surface area contributed by atoms with E-state index in [-0.39, 0.29) is 0 Å². The summed E-state index contributed by atoms with van der Waals surface area (Å²) < 4.78 is 6.82. The minimum atomic E-state index is 0.580. The minimum absolute atomic E-state index is 0.580. The van der Waals surface area contributed by atoms with E-state index in [9.17, 15) is 0 Å². The summed E-state index contributed by atoms with van der Waals surface area (Å²) in [4.78, 5) is 4.43. The number of hydrogen-bond donors (Lipinski definition) is 1. The van der Waals surface area contributed by atoms with Crippen molar-refractivity contribution in [2.24, 2.45) is 7.05 Å². The number of aryl methyl sites for hydroxylation is 1. The van der Waals surface area contributed by atoms with Crippen LogP contribution in [0.5, 0.6) is 0 Å². The second-order valence-electron chi connectivity index (χ2n) is 3.36. The van der Waals surface area contributed by atoms with Crippen LogP contribution in [0, 0.1) is 0 Å². The van der Waals surface area contributed by atoms with Crippen molar-refractivity contribution in [3.05, 3.63) is 28.3 Å². The van der Waals surface area contributed by atoms with Crippen molar-refractivity contribution >= 4 is 17.2 Å². The SMILES string of the molecule is COCc1nc(CNc2ccnn2C)cs1. The zero-order valence-corrected chi connectivity index (χ0v) is 10.1. The molecule has 0 saturated heterocycles. The largest absolute Gasteiger partial charge is 0.378 e. The molecule has 0 aliphatic carbocycles. The lowest BCUT2D eigenvalue weighted by atomic mass is 10.4. The van der Waals surface area contributed by atoms with Crippen LogP contribution in [0.15, 0.2) is 17.6 Å². The van der Waals surface area contributed by atoms with Gasteiger partial charge in [0.25, 0.3) is 0 Å². The highest BCUT2D eigenvalue weighted by molar-refractivity contribution is 7.09. The molecule has 2 heterocycles. The number of nitrogens with zero attached hydrogens (tertiary/aromatic N) is 3. The molecule has 0 fully saturated rings. The van der Waals surface area contributed by atoms with Crippen LogP contribution in [-0.4, -0.2) is 21.9 Å². The van der Waals surface area contributed by atoms with Crippen molar-refractivity contribution in [1.29, 1.82) is 0 Å². The predicted molar refractivity (Wildman–Crippen MR) is 63.4 cm³/mol. The van der Waals surface area contributed by atoms with Gasteiger partial charge in [-0.2, -0.15) is 5.10 Å². The summed E-state index contributed by atoms with van der Waals surface area (Å²) in [5.41, 5.74) is 1.03. The standard InChI is InChI=1S/C10H14N4OS/c1-14-9(3-4-12-14)11-5-8-7-16-10(13-8)6-15-2/h3-4,7,11H,5-6H2,1-2H3. The van der Waals surface area contributed by atoms with Gasteiger partial charge in [0.05, 0.1) is 25.0 Å². The first-order valence-electron chi connectivity index (χ1n) is 4.93. The molecule has 2 aromatic rings. The van der Waals surface area contributed by atoms with E-state index < -0.39 is 0 Å². The summed E-state index contributed by atoms with van der Waals surface area (Å²) in [7, 11) is 3.58. The van der Waals surface area contributed by atoms with Crippen LogP contribution in [0.25, 0.3) is 0 Å². The van der Waals surface area contributed by atoms with E-state index in [0.717, 1.165) is 16.5 Å². The van der Waals surface area contributed by atoms with Crippen molar-refractivity contribution in [3.8, 4) is 0 Å². The molecule has 0 amide bonds. The lowest BCUT2D eigenvalue weighted by molar-refractivity contribution is 0.184. The van der Waals surface area contributed by atoms with Gasteiger partial charge in [-0.05, 0) is 0 Å². The monoisotopic (exact) mass is 238 g/mol. The van der Waals surface area contributed by atoms with E-state index in [4.69, 9.17) is 4.74 Å². The van der Waals surface area contributed by atoms with Crippen LogP contribution in [0.1, 0.15) is 10.7 Å². The summed E-state index contributed by atoms with van der Waals surface area (Å²) in [6.07, 6.45) is 1.76. The third-order valence-corrected chi connectivity index (χ3v) is 3.01. The summed E-state index contributed by atoms with van der Waals surface area (Å²) in [5, 5.41) is 10.4. The van der Waals surface area contributed by atoms with Gasteiger partial charge in [0.1, 0.15) is 10.8 Å². The smallest absolute Gasteiger partial charge is 0.124 e. The van der Waals surface area contributed by atoms with Gasteiger partial charge >= 0.3 is 0 Å². The quantitative estimate of drug-likeness (QED) is 0.860. The van der Waals surface area contributed by atoms with Crippen molar-refractivity contribution in [2.45, 2.75) is 13.2 Å². The fourth-order valence-electron chi connectivity index (χ4n) is 1.35. The molecule has 2 aromatic heterocycles. The minimum Gasteiger partial charge on any atom is -0.378 e. The van der Waals surface area contributed by atoms with Crippen molar-refractivity contribution in [3.63, 3.8) is 0 Å². The van der Waals surface area contributed by atoms with Crippen LogP contribution in [0.4, 0.5) is 5.82 Å². The first kappa shape index (κ1) is 11.1. The van der Waals surface area contributed by atoms with E-state index in [1.54, 1.807) is 29.3 Å². The fourth-order valence-corrected chi connectivity index (χ4v) is 2.11. The van der Waals surface area contributed by atoms with Crippen LogP contribution < -0.4 is 5.32 Å². The second kappa shape index (κ2) is 5.09. The van der Waals surface area contributed by atoms with Crippen LogP contribution in [-0.2, 0) is 24.9 Å². The topological polar surface area (TPSA) is 52.0 Å². The number of nitrogens with one attached hydrogen (secondary N) is 1. The lowest BCUT2D eigenvalue weighted by Gasteiger charge is -2.03. The van der Waals surface area contributed by atoms with Crippen LogP contribution in [0.3, 0.4) is 0 Å². The maximum atomic E-state index is 5.02. The average Bonchev–Trinajstić information content (AvgIpc) is 2.86. The third-order valence-electron chi connectivity index (χ3n) is 2.14. The highest BCUT2D eigenvalue weighted by Gasteiger charge is 2.02. The van der Waals surface area contributed by atoms with E-state index in [1.165, 1.54) is 0 Å². The van der Waals surface area contributed by atoms with Gasteiger partial charge in [-0.3, -0.25) is 4.68 Å². The molecule has 5 nitrogen and oxygen atoms in total. The highest BCUT2D eigenvalue weighted by atomic mass is 32.1. The Kier molecular flexibility index (Phi) is 3.53. The van der Waals surface area contributed by atoms with Gasteiger partial charge < -0.3 is 10.1 Å². The molecule has 86 valence electrons. The van der Waals surface area contributed by atoms with Crippen molar-refractivity contribution in [2.75, 3.05) is 12.4 Å². The second-order valence-corrected chi connectivity index (χ2v) is 4.30. The Hall–Kier alpha value is -1.40. The molecule has 0 saturated carbocycles. The van der Waals surface area contributed by atoms with Gasteiger partial charge in [-0.15, -0.1) is 11.3 Å². The molecule has 0 bridgehead atoms. The Morgan fingerprint density at radius 2 is 2.44 bits per heavy atom. The summed E-state index contributed by atoms with van der Waals surface area (Å²) in [6, 6.07) is 1.93. The third kappa shape index (κ3) is 2.59. The molecular weight excluding hydrogens is 224 g/mol. The molecule has 16 heavy (non-hydrogen) atoms. The fraction of sp³-hybridized carbons (Fsp3) is 0.400. The highest BCUT2D eigenvalue weighted by Crippen LogP contribution is 2.12. The van der Waals surface area contributed by atoms with Gasteiger partial charge in [0, 0.05) is 25.6 Å². The molecule has 0 atom stereocenters. The molecule has 2 rings (SSSR count). The summed E-state index contributed by atoms with van der Waals surface area (Å²) >= 11 is 1.62. The summed E-state index contributed by atoms with van der Waals surface area (Å²) in [6.45, 7) is 1.29. The van der Waals surface area contributed by atoms with Crippen molar-refractivity contribution < 1.29 is 4.74 Å². The molecule has 0 spiro atoms. The number of thiazole rings is 1. The van der Waals surface area contributed by atoms with E-state index in [1.807, 2.05) is 18.5 Å². The number of ether oxygens (including phenoxy) is 1. The van der Waals surface area contributed by atoms with Crippen LogP contribution >= 0.6 is 11.3 Å². The van der Waals surface area contributed by atoms with E-state index in [2.05, 4.69) is 15.4 Å². The molecule has 1 N–H and O–H groups in total. The maximum absolute atomic E-state index is 5.02. The van der Waals surface area contributed by atoms with Crippen molar-refractivity contribution in [1.82, 2.24) is 14.8 Å². The van der Waals surface area contributed by atoms with Gasteiger partial charge in [-0.25, -0.2) is 4.98 Å². The molecule has 0 radical (unpaired) electrons. The molecule has 6 heteroatoms. The Morgan fingerprint density at radius 1 is 1.56 bits per heavy atom. The lowest BCUT2D eigenvalue weighted by Crippen LogP contribution is -2.04. The Bertz CT molecular complexity index is 451. The Labute approximate surface area is 98.1 Å². The normalized spacial score (nSPS) is 10.6. The number of rotatable bonds is 5. The molecular formula is C10H14N4OS. The van der Waals surface area contributed by atoms with Gasteiger partial charge in [0.2, 0.25) is 0 Å². The number of methoxy groups -OCH3 is 1. The Morgan fingerprint density at radius 3 is 3.12 bits per heavy atom. The van der Waals surface area contributed by atoms with E-state index >= 15 is 0 Å². The summed E-state index contributed by atoms with van der Waals surface area (Å²) in [5.74, 6) is 0.987. The first-order valence-corrected chi connectivity index (χ1v) is 5.81. The maximum Gasteiger partial charge on any atom is 0.124 e.